The monoisotopic (exact) mass is 508 g/mol. The van der Waals surface area contributed by atoms with Crippen LogP contribution in [0.3, 0.4) is 0 Å². The lowest BCUT2D eigenvalue weighted by molar-refractivity contribution is 0.214. The van der Waals surface area contributed by atoms with Crippen LogP contribution in [0.15, 0.2) is 83.7 Å². The molecule has 0 aliphatic carbocycles. The van der Waals surface area contributed by atoms with Crippen molar-refractivity contribution in [3.8, 4) is 5.75 Å². The first-order valence-corrected chi connectivity index (χ1v) is 12.9. The van der Waals surface area contributed by atoms with Gasteiger partial charge in [-0.3, -0.25) is 9.69 Å². The SMILES string of the molecule is CCc1ccc2[nH]c(=O)c(C(c3nnnn3Cc3ccc(OC)cc3)N(CC)Cc3ccccc3)cc2c1. The topological polar surface area (TPSA) is 88.9 Å². The number of H-pyrrole nitrogens is 1. The number of nitrogens with one attached hydrogen (secondary N) is 1. The number of aryl methyl sites for hydroxylation is 1. The molecule has 38 heavy (non-hydrogen) atoms. The standard InChI is InChI=1S/C30H32N6O2/c1-4-21-13-16-27-24(17-21)18-26(30(37)31-27)28(35(5-2)19-22-9-7-6-8-10-22)29-32-33-34-36(29)20-23-11-14-25(38-3)15-12-23/h6-18,28H,4-5,19-20H2,1-3H3,(H,31,37). The summed E-state index contributed by atoms with van der Waals surface area (Å²) in [5, 5.41) is 13.8. The average Bonchev–Trinajstić information content (AvgIpc) is 3.41. The third kappa shape index (κ3) is 5.35. The van der Waals surface area contributed by atoms with Gasteiger partial charge in [-0.2, -0.15) is 0 Å². The molecule has 8 heteroatoms. The van der Waals surface area contributed by atoms with E-state index in [4.69, 9.17) is 4.74 Å². The van der Waals surface area contributed by atoms with E-state index < -0.39 is 6.04 Å². The molecule has 0 spiro atoms. The molecule has 8 nitrogen and oxygen atoms in total. The number of hydrogen-bond donors (Lipinski definition) is 1. The lowest BCUT2D eigenvalue weighted by Gasteiger charge is -2.30. The summed E-state index contributed by atoms with van der Waals surface area (Å²) in [6.07, 6.45) is 0.920. The van der Waals surface area contributed by atoms with Crippen LogP contribution in [0.4, 0.5) is 0 Å². The summed E-state index contributed by atoms with van der Waals surface area (Å²) in [7, 11) is 1.65. The largest absolute Gasteiger partial charge is 0.497 e. The zero-order valence-corrected chi connectivity index (χ0v) is 22.0. The summed E-state index contributed by atoms with van der Waals surface area (Å²) in [6, 6.07) is 25.8. The van der Waals surface area contributed by atoms with E-state index in [-0.39, 0.29) is 5.56 Å². The maximum Gasteiger partial charge on any atom is 0.253 e. The number of aromatic nitrogens is 5. The van der Waals surface area contributed by atoms with Crippen LogP contribution in [0.1, 0.15) is 48.0 Å². The lowest BCUT2D eigenvalue weighted by atomic mass is 10.0. The first-order valence-electron chi connectivity index (χ1n) is 12.9. The molecule has 3 aromatic carbocycles. The first-order chi connectivity index (χ1) is 18.6. The van der Waals surface area contributed by atoms with Gasteiger partial charge in [0.05, 0.1) is 13.7 Å². The maximum absolute atomic E-state index is 13.6. The van der Waals surface area contributed by atoms with Crippen LogP contribution in [0.25, 0.3) is 10.9 Å². The Hall–Kier alpha value is -4.30. The van der Waals surface area contributed by atoms with Gasteiger partial charge in [0.1, 0.15) is 11.8 Å². The molecule has 0 bridgehead atoms. The van der Waals surface area contributed by atoms with Gasteiger partial charge in [-0.05, 0) is 75.8 Å². The Morgan fingerprint density at radius 1 is 0.947 bits per heavy atom. The van der Waals surface area contributed by atoms with E-state index in [0.29, 0.717) is 31.0 Å². The Labute approximate surface area is 221 Å². The Bertz CT molecular complexity index is 1560. The van der Waals surface area contributed by atoms with Crippen molar-refractivity contribution in [2.75, 3.05) is 13.7 Å². The number of pyridine rings is 1. The zero-order valence-electron chi connectivity index (χ0n) is 22.0. The van der Waals surface area contributed by atoms with Crippen LogP contribution in [0.2, 0.25) is 0 Å². The molecular formula is C30H32N6O2. The maximum atomic E-state index is 13.6. The summed E-state index contributed by atoms with van der Waals surface area (Å²) in [4.78, 5) is 18.9. The normalized spacial score (nSPS) is 12.2. The van der Waals surface area contributed by atoms with Gasteiger partial charge in [0, 0.05) is 17.6 Å². The minimum Gasteiger partial charge on any atom is -0.497 e. The van der Waals surface area contributed by atoms with Crippen molar-refractivity contribution in [3.63, 3.8) is 0 Å². The molecule has 194 valence electrons. The molecule has 0 radical (unpaired) electrons. The van der Waals surface area contributed by atoms with Gasteiger partial charge in [0.2, 0.25) is 0 Å². The number of tetrazole rings is 1. The van der Waals surface area contributed by atoms with Gasteiger partial charge in [-0.25, -0.2) is 4.68 Å². The predicted octanol–water partition coefficient (Wildman–Crippen LogP) is 4.75. The Kier molecular flexibility index (Phi) is 7.60. The summed E-state index contributed by atoms with van der Waals surface area (Å²) >= 11 is 0. The van der Waals surface area contributed by atoms with Gasteiger partial charge in [0.15, 0.2) is 5.82 Å². The number of benzene rings is 3. The molecule has 0 saturated heterocycles. The van der Waals surface area contributed by atoms with Crippen LogP contribution in [0, 0.1) is 0 Å². The van der Waals surface area contributed by atoms with Gasteiger partial charge < -0.3 is 9.72 Å². The smallest absolute Gasteiger partial charge is 0.253 e. The number of nitrogens with zero attached hydrogens (tertiary/aromatic N) is 5. The van der Waals surface area contributed by atoms with E-state index >= 15 is 0 Å². The summed E-state index contributed by atoms with van der Waals surface area (Å²) < 4.78 is 7.08. The first kappa shape index (κ1) is 25.4. The van der Waals surface area contributed by atoms with E-state index in [1.807, 2.05) is 54.6 Å². The summed E-state index contributed by atoms with van der Waals surface area (Å²) in [5.74, 6) is 1.41. The molecule has 1 atom stereocenters. The van der Waals surface area contributed by atoms with Crippen molar-refractivity contribution in [2.45, 2.75) is 39.4 Å². The molecule has 1 N–H and O–H groups in total. The second kappa shape index (κ2) is 11.4. The van der Waals surface area contributed by atoms with Crippen molar-refractivity contribution in [1.29, 1.82) is 0 Å². The van der Waals surface area contributed by atoms with E-state index in [1.165, 1.54) is 5.56 Å². The van der Waals surface area contributed by atoms with E-state index in [0.717, 1.165) is 34.2 Å². The highest BCUT2D eigenvalue weighted by atomic mass is 16.5. The Balaban J connectivity index is 1.62. The molecule has 0 aliphatic heterocycles. The average molecular weight is 509 g/mol. The summed E-state index contributed by atoms with van der Waals surface area (Å²) in [5.41, 5.74) is 4.70. The minimum absolute atomic E-state index is 0.141. The fourth-order valence-corrected chi connectivity index (χ4v) is 4.82. The van der Waals surface area contributed by atoms with Crippen LogP contribution < -0.4 is 10.3 Å². The third-order valence-corrected chi connectivity index (χ3v) is 6.94. The zero-order chi connectivity index (χ0) is 26.5. The van der Waals surface area contributed by atoms with Gasteiger partial charge in [-0.15, -0.1) is 5.10 Å². The molecule has 5 rings (SSSR count). The fourth-order valence-electron chi connectivity index (χ4n) is 4.82. The number of hydrogen-bond acceptors (Lipinski definition) is 6. The molecule has 0 amide bonds. The van der Waals surface area contributed by atoms with Crippen molar-refractivity contribution < 1.29 is 4.74 Å². The van der Waals surface area contributed by atoms with Crippen molar-refractivity contribution in [3.05, 3.63) is 117 Å². The molecular weight excluding hydrogens is 476 g/mol. The Morgan fingerprint density at radius 2 is 1.71 bits per heavy atom. The van der Waals surface area contributed by atoms with E-state index in [2.05, 4.69) is 63.5 Å². The molecule has 0 fully saturated rings. The summed E-state index contributed by atoms with van der Waals surface area (Å²) in [6.45, 7) is 6.03. The molecule has 2 aromatic heterocycles. The highest BCUT2D eigenvalue weighted by molar-refractivity contribution is 5.80. The number of ether oxygens (including phenoxy) is 1. The predicted molar refractivity (Wildman–Crippen MR) is 148 cm³/mol. The second-order valence-electron chi connectivity index (χ2n) is 9.32. The lowest BCUT2D eigenvalue weighted by Crippen LogP contribution is -2.35. The van der Waals surface area contributed by atoms with Crippen LogP contribution in [-0.2, 0) is 19.5 Å². The second-order valence-corrected chi connectivity index (χ2v) is 9.32. The molecule has 5 aromatic rings. The van der Waals surface area contributed by atoms with Crippen molar-refractivity contribution in [1.82, 2.24) is 30.1 Å². The van der Waals surface area contributed by atoms with Crippen LogP contribution in [0.5, 0.6) is 5.75 Å². The van der Waals surface area contributed by atoms with Crippen LogP contribution in [-0.4, -0.2) is 43.7 Å². The minimum atomic E-state index is -0.452. The Morgan fingerprint density at radius 3 is 2.42 bits per heavy atom. The molecule has 0 aliphatic rings. The molecule has 0 saturated carbocycles. The highest BCUT2D eigenvalue weighted by Crippen LogP contribution is 2.29. The van der Waals surface area contributed by atoms with E-state index in [9.17, 15) is 4.79 Å². The number of rotatable bonds is 10. The molecule has 1 unspecified atom stereocenters. The quantitative estimate of drug-likeness (QED) is 0.293. The molecule has 2 heterocycles. The number of fused-ring (bicyclic) bond motifs is 1. The van der Waals surface area contributed by atoms with Crippen molar-refractivity contribution >= 4 is 10.9 Å². The van der Waals surface area contributed by atoms with Crippen molar-refractivity contribution in [2.24, 2.45) is 0 Å². The van der Waals surface area contributed by atoms with Gasteiger partial charge in [-0.1, -0.05) is 62.4 Å². The van der Waals surface area contributed by atoms with Gasteiger partial charge >= 0.3 is 0 Å². The van der Waals surface area contributed by atoms with E-state index in [1.54, 1.807) is 11.8 Å². The fraction of sp³-hybridized carbons (Fsp3) is 0.267. The number of aromatic amines is 1. The third-order valence-electron chi connectivity index (χ3n) is 6.94. The highest BCUT2D eigenvalue weighted by Gasteiger charge is 2.30. The van der Waals surface area contributed by atoms with Crippen LogP contribution >= 0.6 is 0 Å². The number of methoxy groups -OCH3 is 1. The van der Waals surface area contributed by atoms with Gasteiger partial charge in [0.25, 0.3) is 5.56 Å².